The highest BCUT2D eigenvalue weighted by Crippen LogP contribution is 2.38. The molecule has 0 radical (unpaired) electrons. The largest absolute Gasteiger partial charge is 0.494 e. The second-order valence-electron chi connectivity index (χ2n) is 8.16. The molecular weight excluding hydrogens is 368 g/mol. The molecule has 5 nitrogen and oxygen atoms in total. The Labute approximate surface area is 175 Å². The van der Waals surface area contributed by atoms with Gasteiger partial charge in [-0.3, -0.25) is 9.59 Å². The van der Waals surface area contributed by atoms with Crippen LogP contribution in [0.4, 0.5) is 0 Å². The highest BCUT2D eigenvalue weighted by molar-refractivity contribution is 5.37. The number of benzene rings is 1. The van der Waals surface area contributed by atoms with Crippen molar-refractivity contribution in [3.05, 3.63) is 29.8 Å². The Bertz CT molecular complexity index is 551. The summed E-state index contributed by atoms with van der Waals surface area (Å²) in [5.74, 6) is 2.24. The lowest BCUT2D eigenvalue weighted by Gasteiger charge is -2.30. The van der Waals surface area contributed by atoms with Crippen molar-refractivity contribution in [3.8, 4) is 5.75 Å². The van der Waals surface area contributed by atoms with Crippen molar-refractivity contribution in [2.75, 3.05) is 19.8 Å². The van der Waals surface area contributed by atoms with E-state index < -0.39 is 0 Å². The molecule has 0 unspecified atom stereocenters. The molecular formula is C24H36O5. The third kappa shape index (κ3) is 8.88. The molecule has 1 aromatic carbocycles. The molecule has 2 rings (SSSR count). The molecule has 1 aliphatic carbocycles. The number of rotatable bonds is 15. The Morgan fingerprint density at radius 3 is 2.17 bits per heavy atom. The van der Waals surface area contributed by atoms with Gasteiger partial charge in [0.05, 0.1) is 19.8 Å². The molecule has 0 atom stereocenters. The van der Waals surface area contributed by atoms with E-state index in [4.69, 9.17) is 14.2 Å². The van der Waals surface area contributed by atoms with Crippen molar-refractivity contribution in [2.24, 2.45) is 11.8 Å². The first-order chi connectivity index (χ1) is 14.3. The van der Waals surface area contributed by atoms with Crippen LogP contribution in [0.5, 0.6) is 5.75 Å². The molecule has 0 saturated heterocycles. The van der Waals surface area contributed by atoms with Crippen molar-refractivity contribution in [1.82, 2.24) is 0 Å². The number of carbonyl (C=O) groups is 2. The number of hydrogen-bond acceptors (Lipinski definition) is 5. The molecule has 5 heteroatoms. The van der Waals surface area contributed by atoms with Crippen LogP contribution in [0.15, 0.2) is 24.3 Å². The third-order valence-electron chi connectivity index (χ3n) is 5.93. The summed E-state index contributed by atoms with van der Waals surface area (Å²) in [6.45, 7) is 4.57. The average Bonchev–Trinajstić information content (AvgIpc) is 2.76. The Morgan fingerprint density at radius 1 is 0.931 bits per heavy atom. The van der Waals surface area contributed by atoms with E-state index in [1.807, 2.05) is 0 Å². The first-order valence-corrected chi connectivity index (χ1v) is 11.1. The van der Waals surface area contributed by atoms with Gasteiger partial charge in [0, 0.05) is 5.92 Å². The molecule has 0 N–H and O–H groups in total. The predicted octanol–water partition coefficient (Wildman–Crippen LogP) is 5.27. The van der Waals surface area contributed by atoms with E-state index >= 15 is 0 Å². The second-order valence-corrected chi connectivity index (χ2v) is 8.16. The van der Waals surface area contributed by atoms with E-state index in [-0.39, 0.29) is 5.92 Å². The van der Waals surface area contributed by atoms with Crippen LogP contribution in [0.25, 0.3) is 0 Å². The Kier molecular flexibility index (Phi) is 11.2. The van der Waals surface area contributed by atoms with Crippen molar-refractivity contribution >= 4 is 12.9 Å². The molecule has 0 aliphatic heterocycles. The van der Waals surface area contributed by atoms with E-state index in [2.05, 4.69) is 31.2 Å². The van der Waals surface area contributed by atoms with Gasteiger partial charge < -0.3 is 14.2 Å². The fraction of sp³-hybridized carbons (Fsp3) is 0.667. The van der Waals surface area contributed by atoms with E-state index in [1.54, 1.807) is 0 Å². The summed E-state index contributed by atoms with van der Waals surface area (Å²) in [5.41, 5.74) is 1.40. The average molecular weight is 405 g/mol. The van der Waals surface area contributed by atoms with Gasteiger partial charge in [0.1, 0.15) is 5.75 Å². The number of carbonyl (C=O) groups excluding carboxylic acids is 2. The van der Waals surface area contributed by atoms with Crippen molar-refractivity contribution in [2.45, 2.75) is 70.6 Å². The van der Waals surface area contributed by atoms with E-state index in [0.29, 0.717) is 38.0 Å². The topological polar surface area (TPSA) is 61.8 Å². The first-order valence-electron chi connectivity index (χ1n) is 11.1. The first kappa shape index (κ1) is 23.2. The van der Waals surface area contributed by atoms with Gasteiger partial charge in [-0.2, -0.15) is 0 Å². The molecule has 1 aromatic rings. The number of unbranched alkanes of at least 4 members (excludes halogenated alkanes) is 3. The zero-order valence-corrected chi connectivity index (χ0v) is 17.7. The molecule has 0 aromatic heterocycles. The zero-order valence-electron chi connectivity index (χ0n) is 17.7. The fourth-order valence-corrected chi connectivity index (χ4v) is 4.29. The van der Waals surface area contributed by atoms with Gasteiger partial charge in [-0.1, -0.05) is 38.3 Å². The summed E-state index contributed by atoms with van der Waals surface area (Å²) in [6.07, 6.45) is 10.4. The maximum atomic E-state index is 10.5. The monoisotopic (exact) mass is 404 g/mol. The summed E-state index contributed by atoms with van der Waals surface area (Å²) >= 11 is 0. The van der Waals surface area contributed by atoms with Crippen molar-refractivity contribution in [1.29, 1.82) is 0 Å². The SMILES string of the molecule is CCCCCCOc1ccc(C2CCC(CC(COC=O)COC=O)CC2)cc1. The lowest BCUT2D eigenvalue weighted by molar-refractivity contribution is -0.133. The van der Waals surface area contributed by atoms with Crippen LogP contribution in [-0.4, -0.2) is 32.8 Å². The Balaban J connectivity index is 1.73. The lowest BCUT2D eigenvalue weighted by atomic mass is 9.76. The van der Waals surface area contributed by atoms with Crippen LogP contribution in [0.2, 0.25) is 0 Å². The van der Waals surface area contributed by atoms with Crippen LogP contribution in [-0.2, 0) is 19.1 Å². The van der Waals surface area contributed by atoms with Crippen molar-refractivity contribution in [3.63, 3.8) is 0 Å². The van der Waals surface area contributed by atoms with Crippen LogP contribution in [0.3, 0.4) is 0 Å². The summed E-state index contributed by atoms with van der Waals surface area (Å²) < 4.78 is 15.6. The number of ether oxygens (including phenoxy) is 3. The molecule has 0 heterocycles. The van der Waals surface area contributed by atoms with E-state index in [0.717, 1.165) is 50.9 Å². The van der Waals surface area contributed by atoms with Crippen LogP contribution in [0.1, 0.15) is 76.2 Å². The minimum Gasteiger partial charge on any atom is -0.494 e. The van der Waals surface area contributed by atoms with E-state index in [9.17, 15) is 9.59 Å². The molecule has 0 spiro atoms. The molecule has 1 aliphatic rings. The minimum atomic E-state index is 0.0840. The standard InChI is InChI=1S/C24H36O5/c1-2-3-4-5-14-29-24-12-10-23(11-13-24)22-8-6-20(7-9-22)15-21(16-27-18-25)17-28-19-26/h10-13,18-22H,2-9,14-17H2,1H3. The van der Waals surface area contributed by atoms with Crippen LogP contribution >= 0.6 is 0 Å². The third-order valence-corrected chi connectivity index (χ3v) is 5.93. The summed E-state index contributed by atoms with van der Waals surface area (Å²) in [6, 6.07) is 8.63. The molecule has 1 fully saturated rings. The van der Waals surface area contributed by atoms with Crippen LogP contribution < -0.4 is 4.74 Å². The van der Waals surface area contributed by atoms with Gasteiger partial charge in [0.25, 0.3) is 12.9 Å². The van der Waals surface area contributed by atoms with Gasteiger partial charge >= 0.3 is 0 Å². The van der Waals surface area contributed by atoms with Gasteiger partial charge in [-0.15, -0.1) is 0 Å². The maximum absolute atomic E-state index is 10.5. The van der Waals surface area contributed by atoms with Gasteiger partial charge in [-0.25, -0.2) is 0 Å². The van der Waals surface area contributed by atoms with Gasteiger partial charge in [0.2, 0.25) is 0 Å². The molecule has 29 heavy (non-hydrogen) atoms. The highest BCUT2D eigenvalue weighted by Gasteiger charge is 2.25. The quantitative estimate of drug-likeness (QED) is 0.294. The Hall–Kier alpha value is -2.04. The van der Waals surface area contributed by atoms with Gasteiger partial charge in [0.15, 0.2) is 0 Å². The predicted molar refractivity (Wildman–Crippen MR) is 113 cm³/mol. The summed E-state index contributed by atoms with van der Waals surface area (Å²) in [5, 5.41) is 0. The summed E-state index contributed by atoms with van der Waals surface area (Å²) in [4.78, 5) is 20.9. The van der Waals surface area contributed by atoms with E-state index in [1.165, 1.54) is 24.8 Å². The van der Waals surface area contributed by atoms with Crippen LogP contribution in [0, 0.1) is 11.8 Å². The molecule has 0 amide bonds. The smallest absolute Gasteiger partial charge is 0.293 e. The maximum Gasteiger partial charge on any atom is 0.293 e. The molecule has 0 bridgehead atoms. The normalized spacial score (nSPS) is 19.0. The zero-order chi connectivity index (χ0) is 20.7. The minimum absolute atomic E-state index is 0.0840. The second kappa shape index (κ2) is 14.0. The molecule has 162 valence electrons. The summed E-state index contributed by atoms with van der Waals surface area (Å²) in [7, 11) is 0. The van der Waals surface area contributed by atoms with Crippen molar-refractivity contribution < 1.29 is 23.8 Å². The highest BCUT2D eigenvalue weighted by atomic mass is 16.5. The Morgan fingerprint density at radius 2 is 1.59 bits per heavy atom. The van der Waals surface area contributed by atoms with Gasteiger partial charge in [-0.05, 0) is 68.1 Å². The lowest BCUT2D eigenvalue weighted by Crippen LogP contribution is -2.22. The molecule has 1 saturated carbocycles. The fourth-order valence-electron chi connectivity index (χ4n) is 4.29. The number of hydrogen-bond donors (Lipinski definition) is 0.